The number of rotatable bonds is 4. The summed E-state index contributed by atoms with van der Waals surface area (Å²) < 4.78 is 1.43. The molecule has 0 aliphatic rings. The Kier molecular flexibility index (Phi) is 3.01. The molecule has 0 atom stereocenters. The monoisotopic (exact) mass is 255 g/mol. The first-order chi connectivity index (χ1) is 9.36. The minimum Gasteiger partial charge on any atom is -0.350 e. The Morgan fingerprint density at radius 2 is 2.16 bits per heavy atom. The van der Waals surface area contributed by atoms with Crippen molar-refractivity contribution in [3.8, 4) is 0 Å². The lowest BCUT2D eigenvalue weighted by molar-refractivity contribution is 0.705. The van der Waals surface area contributed by atoms with Gasteiger partial charge in [0.15, 0.2) is 11.5 Å². The Bertz CT molecular complexity index is 664. The van der Waals surface area contributed by atoms with Crippen LogP contribution in [-0.4, -0.2) is 36.8 Å². The molecule has 0 N–H and O–H groups in total. The molecule has 3 rings (SSSR count). The predicted octanol–water partition coefficient (Wildman–Crippen LogP) is 0.941. The van der Waals surface area contributed by atoms with Gasteiger partial charge in [-0.25, -0.2) is 0 Å². The number of hydrogen-bond donors (Lipinski definition) is 0. The van der Waals surface area contributed by atoms with Crippen molar-refractivity contribution in [1.29, 1.82) is 0 Å². The Morgan fingerprint density at radius 1 is 1.21 bits per heavy atom. The standard InChI is InChI=1S/C12H13N7/c1-2-18(9-10-5-3-4-8-13-10)12-7-6-11-14-16-17-19(11)15-12/h3-8H,2,9H2,1H3. The fourth-order valence-corrected chi connectivity index (χ4v) is 1.85. The van der Waals surface area contributed by atoms with Crippen molar-refractivity contribution in [1.82, 2.24) is 30.2 Å². The second-order valence-electron chi connectivity index (χ2n) is 4.05. The number of hydrogen-bond acceptors (Lipinski definition) is 6. The summed E-state index contributed by atoms with van der Waals surface area (Å²) in [4.78, 5) is 6.44. The number of tetrazole rings is 1. The fourth-order valence-electron chi connectivity index (χ4n) is 1.85. The average Bonchev–Trinajstić information content (AvgIpc) is 2.93. The molecule has 3 aromatic rings. The van der Waals surface area contributed by atoms with Crippen LogP contribution < -0.4 is 4.90 Å². The third-order valence-electron chi connectivity index (χ3n) is 2.84. The molecule has 3 heterocycles. The van der Waals surface area contributed by atoms with E-state index in [9.17, 15) is 0 Å². The van der Waals surface area contributed by atoms with Crippen molar-refractivity contribution < 1.29 is 0 Å². The van der Waals surface area contributed by atoms with Crippen LogP contribution in [0.2, 0.25) is 0 Å². The summed E-state index contributed by atoms with van der Waals surface area (Å²) in [5, 5.41) is 15.6. The van der Waals surface area contributed by atoms with Gasteiger partial charge in [0.05, 0.1) is 12.2 Å². The molecule has 0 bridgehead atoms. The van der Waals surface area contributed by atoms with Gasteiger partial charge in [0.1, 0.15) is 0 Å². The van der Waals surface area contributed by atoms with Crippen molar-refractivity contribution in [3.05, 3.63) is 42.2 Å². The van der Waals surface area contributed by atoms with Crippen LogP contribution in [0.25, 0.3) is 5.65 Å². The molecule has 19 heavy (non-hydrogen) atoms. The summed E-state index contributed by atoms with van der Waals surface area (Å²) >= 11 is 0. The summed E-state index contributed by atoms with van der Waals surface area (Å²) in [7, 11) is 0. The number of nitrogens with zero attached hydrogens (tertiary/aromatic N) is 7. The van der Waals surface area contributed by atoms with Gasteiger partial charge in [0, 0.05) is 12.7 Å². The first-order valence-corrected chi connectivity index (χ1v) is 6.07. The smallest absolute Gasteiger partial charge is 0.200 e. The fraction of sp³-hybridized carbons (Fsp3) is 0.250. The first kappa shape index (κ1) is 11.5. The van der Waals surface area contributed by atoms with Crippen LogP contribution in [0, 0.1) is 0 Å². The van der Waals surface area contributed by atoms with Crippen molar-refractivity contribution in [2.45, 2.75) is 13.5 Å². The lowest BCUT2D eigenvalue weighted by Gasteiger charge is -2.20. The molecule has 0 radical (unpaired) electrons. The Balaban J connectivity index is 1.88. The summed E-state index contributed by atoms with van der Waals surface area (Å²) in [5.41, 5.74) is 1.64. The third kappa shape index (κ3) is 2.35. The zero-order valence-corrected chi connectivity index (χ0v) is 10.5. The van der Waals surface area contributed by atoms with Crippen LogP contribution in [0.3, 0.4) is 0 Å². The van der Waals surface area contributed by atoms with Gasteiger partial charge in [-0.05, 0) is 41.6 Å². The van der Waals surface area contributed by atoms with E-state index in [1.54, 1.807) is 6.20 Å². The second-order valence-corrected chi connectivity index (χ2v) is 4.05. The molecule has 7 heteroatoms. The number of aromatic nitrogens is 6. The zero-order chi connectivity index (χ0) is 13.1. The first-order valence-electron chi connectivity index (χ1n) is 6.07. The average molecular weight is 255 g/mol. The Labute approximate surface area is 109 Å². The maximum Gasteiger partial charge on any atom is 0.200 e. The SMILES string of the molecule is CCN(Cc1ccccn1)c1ccc2nnnn2n1. The van der Waals surface area contributed by atoms with E-state index in [1.807, 2.05) is 30.3 Å². The summed E-state index contributed by atoms with van der Waals surface area (Å²) in [5.74, 6) is 0.827. The maximum atomic E-state index is 4.38. The molecule has 0 unspecified atom stereocenters. The van der Waals surface area contributed by atoms with Gasteiger partial charge in [-0.2, -0.15) is 0 Å². The highest BCUT2D eigenvalue weighted by molar-refractivity contribution is 5.44. The molecule has 0 amide bonds. The zero-order valence-electron chi connectivity index (χ0n) is 10.5. The predicted molar refractivity (Wildman–Crippen MR) is 69.5 cm³/mol. The van der Waals surface area contributed by atoms with Gasteiger partial charge in [0.25, 0.3) is 0 Å². The van der Waals surface area contributed by atoms with Crippen LogP contribution in [0.4, 0.5) is 5.82 Å². The van der Waals surface area contributed by atoms with Crippen molar-refractivity contribution in [3.63, 3.8) is 0 Å². The van der Waals surface area contributed by atoms with E-state index in [4.69, 9.17) is 0 Å². The van der Waals surface area contributed by atoms with Crippen LogP contribution in [0.5, 0.6) is 0 Å². The van der Waals surface area contributed by atoms with E-state index in [0.29, 0.717) is 12.2 Å². The minimum atomic E-state index is 0.637. The molecular formula is C12H13N7. The second kappa shape index (κ2) is 4.97. The molecular weight excluding hydrogens is 242 g/mol. The molecule has 0 fully saturated rings. The lowest BCUT2D eigenvalue weighted by atomic mass is 10.3. The lowest BCUT2D eigenvalue weighted by Crippen LogP contribution is -2.24. The van der Waals surface area contributed by atoms with Crippen LogP contribution in [0.1, 0.15) is 12.6 Å². The largest absolute Gasteiger partial charge is 0.350 e. The summed E-state index contributed by atoms with van der Waals surface area (Å²) in [6, 6.07) is 9.65. The number of pyridine rings is 1. The summed E-state index contributed by atoms with van der Waals surface area (Å²) in [6.07, 6.45) is 1.79. The molecule has 3 aromatic heterocycles. The number of anilines is 1. The highest BCUT2D eigenvalue weighted by atomic mass is 15.6. The molecule has 0 spiro atoms. The van der Waals surface area contributed by atoms with Crippen molar-refractivity contribution in [2.75, 3.05) is 11.4 Å². The Morgan fingerprint density at radius 3 is 2.95 bits per heavy atom. The van der Waals surface area contributed by atoms with Crippen molar-refractivity contribution in [2.24, 2.45) is 0 Å². The quantitative estimate of drug-likeness (QED) is 0.691. The molecule has 0 saturated heterocycles. The van der Waals surface area contributed by atoms with Gasteiger partial charge in [-0.15, -0.1) is 14.8 Å². The Hall–Kier alpha value is -2.57. The van der Waals surface area contributed by atoms with Crippen LogP contribution in [-0.2, 0) is 6.54 Å². The normalized spacial score (nSPS) is 10.8. The maximum absolute atomic E-state index is 4.38. The van der Waals surface area contributed by atoms with Gasteiger partial charge in [-0.1, -0.05) is 6.07 Å². The molecule has 0 aliphatic heterocycles. The minimum absolute atomic E-state index is 0.637. The molecule has 0 aromatic carbocycles. The van der Waals surface area contributed by atoms with Gasteiger partial charge < -0.3 is 4.90 Å². The van der Waals surface area contributed by atoms with Crippen LogP contribution >= 0.6 is 0 Å². The van der Waals surface area contributed by atoms with Gasteiger partial charge in [-0.3, -0.25) is 4.98 Å². The van der Waals surface area contributed by atoms with E-state index in [0.717, 1.165) is 18.1 Å². The van der Waals surface area contributed by atoms with Crippen LogP contribution in [0.15, 0.2) is 36.5 Å². The van der Waals surface area contributed by atoms with Gasteiger partial charge >= 0.3 is 0 Å². The van der Waals surface area contributed by atoms with E-state index < -0.39 is 0 Å². The van der Waals surface area contributed by atoms with E-state index >= 15 is 0 Å². The third-order valence-corrected chi connectivity index (χ3v) is 2.84. The van der Waals surface area contributed by atoms with E-state index in [-0.39, 0.29) is 0 Å². The van der Waals surface area contributed by atoms with Crippen molar-refractivity contribution >= 4 is 11.5 Å². The molecule has 7 nitrogen and oxygen atoms in total. The number of fused-ring (bicyclic) bond motifs is 1. The van der Waals surface area contributed by atoms with E-state index in [2.05, 4.69) is 37.4 Å². The summed E-state index contributed by atoms with van der Waals surface area (Å²) in [6.45, 7) is 3.61. The molecule has 96 valence electrons. The van der Waals surface area contributed by atoms with E-state index in [1.165, 1.54) is 4.63 Å². The van der Waals surface area contributed by atoms with Gasteiger partial charge in [0.2, 0.25) is 0 Å². The topological polar surface area (TPSA) is 72.1 Å². The molecule has 0 saturated carbocycles. The highest BCUT2D eigenvalue weighted by Gasteiger charge is 2.09. The highest BCUT2D eigenvalue weighted by Crippen LogP contribution is 2.13. The molecule has 0 aliphatic carbocycles.